The van der Waals surface area contributed by atoms with Gasteiger partial charge in [-0.3, -0.25) is 0 Å². The van der Waals surface area contributed by atoms with Gasteiger partial charge in [-0.05, 0) is 13.8 Å². The van der Waals surface area contributed by atoms with Crippen LogP contribution in [-0.2, 0) is 8.85 Å². The van der Waals surface area contributed by atoms with Gasteiger partial charge >= 0.3 is 7.18 Å². The minimum atomic E-state index is -2.76. The van der Waals surface area contributed by atoms with Crippen LogP contribution in [0.2, 0.25) is 0 Å². The van der Waals surface area contributed by atoms with Crippen molar-refractivity contribution in [2.24, 2.45) is 0 Å². The van der Waals surface area contributed by atoms with Crippen LogP contribution < -0.4 is 0 Å². The number of hydrogen-bond donors (Lipinski definition) is 0. The molecule has 0 aromatic carbocycles. The molecule has 9 heavy (non-hydrogen) atoms. The first-order chi connectivity index (χ1) is 4.12. The normalized spacial score (nSPS) is 12.0. The monoisotopic (exact) mass is 188 g/mol. The predicted molar refractivity (Wildman–Crippen MR) is 40.7 cm³/mol. The molecule has 0 aliphatic rings. The summed E-state index contributed by atoms with van der Waals surface area (Å²) in [5, 5.41) is 0. The lowest BCUT2D eigenvalue weighted by Gasteiger charge is -2.13. The Kier molecular flexibility index (Phi) is 4.88. The highest BCUT2D eigenvalue weighted by atomic mass is 35.7. The molecule has 0 saturated heterocycles. The van der Waals surface area contributed by atoms with Gasteiger partial charge in [0.1, 0.15) is 0 Å². The first-order valence-corrected chi connectivity index (χ1v) is 6.62. The minimum Gasteiger partial charge on any atom is -0.372 e. The molecule has 0 rings (SSSR count). The zero-order valence-corrected chi connectivity index (χ0v) is 8.00. The molecule has 0 unspecified atom stereocenters. The van der Waals surface area contributed by atoms with E-state index in [2.05, 4.69) is 0 Å². The van der Waals surface area contributed by atoms with Crippen molar-refractivity contribution in [3.05, 3.63) is 0 Å². The third kappa shape index (κ3) is 5.18. The second-order valence-corrected chi connectivity index (χ2v) is 6.40. The van der Waals surface area contributed by atoms with E-state index in [4.69, 9.17) is 31.0 Å². The van der Waals surface area contributed by atoms with E-state index in [1.165, 1.54) is 0 Å². The molecule has 5 heteroatoms. The summed E-state index contributed by atoms with van der Waals surface area (Å²) in [7, 11) is -2.76. The molecule has 0 atom stereocenters. The maximum absolute atomic E-state index is 5.60. The van der Waals surface area contributed by atoms with Gasteiger partial charge in [0.05, 0.1) is 0 Å². The Hall–Kier alpha value is 0.717. The second-order valence-electron chi connectivity index (χ2n) is 1.33. The van der Waals surface area contributed by atoms with Gasteiger partial charge in [0.15, 0.2) is 0 Å². The van der Waals surface area contributed by atoms with Crippen molar-refractivity contribution < 1.29 is 8.85 Å². The molecule has 0 bridgehead atoms. The molecular formula is C4H10Cl2O2Si. The van der Waals surface area contributed by atoms with Crippen LogP contribution in [0, 0.1) is 0 Å². The lowest BCUT2D eigenvalue weighted by molar-refractivity contribution is 0.222. The van der Waals surface area contributed by atoms with Crippen LogP contribution >= 0.6 is 22.2 Å². The van der Waals surface area contributed by atoms with Gasteiger partial charge in [-0.25, -0.2) is 0 Å². The molecule has 0 N–H and O–H groups in total. The first kappa shape index (κ1) is 9.72. The van der Waals surface area contributed by atoms with E-state index in [-0.39, 0.29) is 0 Å². The van der Waals surface area contributed by atoms with Gasteiger partial charge in [0.2, 0.25) is 0 Å². The summed E-state index contributed by atoms with van der Waals surface area (Å²) in [4.78, 5) is 0. The van der Waals surface area contributed by atoms with Crippen LogP contribution in [0.25, 0.3) is 0 Å². The SMILES string of the molecule is CCO[Si](Cl)(Cl)OCC. The van der Waals surface area contributed by atoms with E-state index in [9.17, 15) is 0 Å². The molecule has 0 spiro atoms. The Morgan fingerprint density at radius 1 is 1.11 bits per heavy atom. The third-order valence-corrected chi connectivity index (χ3v) is 3.18. The molecule has 0 heterocycles. The average Bonchev–Trinajstić information content (AvgIpc) is 1.64. The van der Waals surface area contributed by atoms with Crippen molar-refractivity contribution in [3.63, 3.8) is 0 Å². The smallest absolute Gasteiger partial charge is 0.372 e. The van der Waals surface area contributed by atoms with E-state index >= 15 is 0 Å². The first-order valence-electron chi connectivity index (χ1n) is 2.78. The maximum Gasteiger partial charge on any atom is 0.551 e. The number of rotatable bonds is 4. The molecule has 0 fully saturated rings. The van der Waals surface area contributed by atoms with Gasteiger partial charge in [-0.1, -0.05) is 22.2 Å². The molecule has 56 valence electrons. The zero-order valence-electron chi connectivity index (χ0n) is 5.49. The number of hydrogen-bond acceptors (Lipinski definition) is 2. The summed E-state index contributed by atoms with van der Waals surface area (Å²) in [6.07, 6.45) is 0. The largest absolute Gasteiger partial charge is 0.551 e. The minimum absolute atomic E-state index is 0.499. The van der Waals surface area contributed by atoms with Gasteiger partial charge in [-0.15, -0.1) is 0 Å². The Balaban J connectivity index is 3.43. The topological polar surface area (TPSA) is 18.5 Å². The summed E-state index contributed by atoms with van der Waals surface area (Å²) < 4.78 is 9.83. The fourth-order valence-corrected chi connectivity index (χ4v) is 2.44. The summed E-state index contributed by atoms with van der Waals surface area (Å²) >= 11 is 11.2. The van der Waals surface area contributed by atoms with Gasteiger partial charge in [0.25, 0.3) is 0 Å². The lowest BCUT2D eigenvalue weighted by atomic mass is 10.9. The van der Waals surface area contributed by atoms with E-state index in [0.717, 1.165) is 0 Å². The molecule has 0 amide bonds. The summed E-state index contributed by atoms with van der Waals surface area (Å²) in [5.41, 5.74) is 0. The predicted octanol–water partition coefficient (Wildman–Crippen LogP) is 1.97. The third-order valence-electron chi connectivity index (χ3n) is 0.625. The molecule has 2 nitrogen and oxygen atoms in total. The summed E-state index contributed by atoms with van der Waals surface area (Å²) in [6.45, 7) is 4.65. The Labute approximate surface area is 65.7 Å². The van der Waals surface area contributed by atoms with Crippen molar-refractivity contribution in [2.75, 3.05) is 13.2 Å². The Morgan fingerprint density at radius 3 is 1.67 bits per heavy atom. The van der Waals surface area contributed by atoms with Gasteiger partial charge in [0, 0.05) is 13.2 Å². The van der Waals surface area contributed by atoms with Crippen molar-refractivity contribution in [2.45, 2.75) is 13.8 Å². The molecule has 0 aliphatic heterocycles. The molecule has 0 radical (unpaired) electrons. The molecule has 0 aromatic heterocycles. The Morgan fingerprint density at radius 2 is 1.44 bits per heavy atom. The lowest BCUT2D eigenvalue weighted by Crippen LogP contribution is -2.29. The zero-order chi connectivity index (χ0) is 7.33. The fourth-order valence-electron chi connectivity index (χ4n) is 0.378. The van der Waals surface area contributed by atoms with Crippen LogP contribution in [0.1, 0.15) is 13.8 Å². The average molecular weight is 189 g/mol. The van der Waals surface area contributed by atoms with Crippen LogP contribution in [0.4, 0.5) is 0 Å². The second kappa shape index (κ2) is 4.52. The molecule has 0 aromatic rings. The Bertz CT molecular complexity index is 71.0. The van der Waals surface area contributed by atoms with Crippen molar-refractivity contribution in [3.8, 4) is 0 Å². The quantitative estimate of drug-likeness (QED) is 0.497. The molecular weight excluding hydrogens is 179 g/mol. The molecule has 0 aliphatic carbocycles. The van der Waals surface area contributed by atoms with Crippen LogP contribution in [0.3, 0.4) is 0 Å². The van der Waals surface area contributed by atoms with Crippen molar-refractivity contribution >= 4 is 29.3 Å². The molecule has 0 saturated carbocycles. The highest BCUT2D eigenvalue weighted by molar-refractivity contribution is 7.39. The standard InChI is InChI=1S/C4H10Cl2O2Si/c1-3-7-9(5,6)8-4-2/h3-4H2,1-2H3. The highest BCUT2D eigenvalue weighted by Gasteiger charge is 2.32. The maximum atomic E-state index is 5.60. The van der Waals surface area contributed by atoms with E-state index in [1.54, 1.807) is 0 Å². The fraction of sp³-hybridized carbons (Fsp3) is 1.00. The number of halogens is 2. The summed E-state index contributed by atoms with van der Waals surface area (Å²) in [6, 6.07) is 0. The van der Waals surface area contributed by atoms with E-state index < -0.39 is 7.18 Å². The van der Waals surface area contributed by atoms with Gasteiger partial charge < -0.3 is 8.85 Å². The highest BCUT2D eigenvalue weighted by Crippen LogP contribution is 2.16. The van der Waals surface area contributed by atoms with Crippen LogP contribution in [0.5, 0.6) is 0 Å². The van der Waals surface area contributed by atoms with E-state index in [1.807, 2.05) is 13.8 Å². The van der Waals surface area contributed by atoms with Crippen molar-refractivity contribution in [1.29, 1.82) is 0 Å². The van der Waals surface area contributed by atoms with Gasteiger partial charge in [-0.2, -0.15) is 0 Å². The van der Waals surface area contributed by atoms with E-state index in [0.29, 0.717) is 13.2 Å². The van der Waals surface area contributed by atoms with Crippen LogP contribution in [0.15, 0.2) is 0 Å². The van der Waals surface area contributed by atoms with Crippen LogP contribution in [-0.4, -0.2) is 20.4 Å². The summed E-state index contributed by atoms with van der Waals surface area (Å²) in [5.74, 6) is 0. The van der Waals surface area contributed by atoms with Crippen molar-refractivity contribution in [1.82, 2.24) is 0 Å².